The Kier molecular flexibility index (Phi) is 10.2. The number of carbonyl (C=O) groups is 3. The third kappa shape index (κ3) is 7.98. The van der Waals surface area contributed by atoms with E-state index >= 15 is 0 Å². The van der Waals surface area contributed by atoms with E-state index in [9.17, 15) is 14.4 Å². The molecule has 0 aliphatic carbocycles. The standard InChI is InChI=1S/C35H38N4O4S/c1-23-36-29(22-44-23)21-39(2)35(42)27-13-8-12-26(20-27)34(41)38-32(19-24-9-5-4-6-10-24)33(40)31-16-15-28(37-31)17-25-11-7-14-30(18-25)43-3/h4-14,18,20,22,28,31-32,37H,15-17,19,21H2,1-3H3,(H,38,41)/t28?,31?,32-/m0/s1. The van der Waals surface area contributed by atoms with Crippen LogP contribution in [0.5, 0.6) is 5.75 Å². The summed E-state index contributed by atoms with van der Waals surface area (Å²) in [7, 11) is 3.37. The molecule has 1 fully saturated rings. The SMILES string of the molecule is COc1cccc(CC2CCC(C(=O)[C@H](Cc3ccccc3)NC(=O)c3cccc(C(=O)N(C)Cc4csc(C)n4)c3)N2)c1. The lowest BCUT2D eigenvalue weighted by atomic mass is 9.96. The first-order valence-electron chi connectivity index (χ1n) is 14.8. The second kappa shape index (κ2) is 14.4. The van der Waals surface area contributed by atoms with Gasteiger partial charge in [-0.15, -0.1) is 11.3 Å². The van der Waals surface area contributed by atoms with E-state index in [1.54, 1.807) is 54.7 Å². The predicted octanol–water partition coefficient (Wildman–Crippen LogP) is 5.01. The van der Waals surface area contributed by atoms with Crippen molar-refractivity contribution in [1.29, 1.82) is 0 Å². The fourth-order valence-corrected chi connectivity index (χ4v) is 6.26. The van der Waals surface area contributed by atoms with Crippen LogP contribution in [0.3, 0.4) is 0 Å². The minimum absolute atomic E-state index is 0.0409. The van der Waals surface area contributed by atoms with Gasteiger partial charge in [0.05, 0.1) is 36.4 Å². The number of Topliss-reactive ketones (excluding diaryl/α,β-unsaturated/α-hetero) is 1. The van der Waals surface area contributed by atoms with Crippen LogP contribution in [0.15, 0.2) is 84.2 Å². The summed E-state index contributed by atoms with van der Waals surface area (Å²) >= 11 is 1.54. The Labute approximate surface area is 262 Å². The lowest BCUT2D eigenvalue weighted by Gasteiger charge is -2.22. The maximum absolute atomic E-state index is 13.9. The van der Waals surface area contributed by atoms with E-state index in [2.05, 4.69) is 21.7 Å². The molecular formula is C35H38N4O4S. The summed E-state index contributed by atoms with van der Waals surface area (Å²) in [6.45, 7) is 2.30. The van der Waals surface area contributed by atoms with E-state index in [0.717, 1.165) is 40.4 Å². The largest absolute Gasteiger partial charge is 0.497 e. The van der Waals surface area contributed by atoms with Crippen molar-refractivity contribution in [2.45, 2.75) is 57.3 Å². The molecule has 0 bridgehead atoms. The van der Waals surface area contributed by atoms with E-state index in [1.165, 1.54) is 0 Å². The molecule has 9 heteroatoms. The van der Waals surface area contributed by atoms with Gasteiger partial charge in [0.15, 0.2) is 5.78 Å². The van der Waals surface area contributed by atoms with Crippen LogP contribution in [-0.2, 0) is 24.2 Å². The highest BCUT2D eigenvalue weighted by Gasteiger charge is 2.34. The molecule has 3 aromatic carbocycles. The fraction of sp³-hybridized carbons (Fsp3) is 0.314. The van der Waals surface area contributed by atoms with Gasteiger partial charge in [0.1, 0.15) is 5.75 Å². The van der Waals surface area contributed by atoms with E-state index in [-0.39, 0.29) is 23.8 Å². The number of ketones is 1. The Morgan fingerprint density at radius 3 is 2.50 bits per heavy atom. The van der Waals surface area contributed by atoms with Crippen molar-refractivity contribution < 1.29 is 19.1 Å². The van der Waals surface area contributed by atoms with Gasteiger partial charge in [0.2, 0.25) is 0 Å². The van der Waals surface area contributed by atoms with Crippen LogP contribution >= 0.6 is 11.3 Å². The first-order valence-corrected chi connectivity index (χ1v) is 15.7. The average molecular weight is 611 g/mol. The number of hydrogen-bond donors (Lipinski definition) is 2. The maximum atomic E-state index is 13.9. The first-order chi connectivity index (χ1) is 21.3. The molecule has 1 aliphatic rings. The molecule has 5 rings (SSSR count). The molecule has 2 N–H and O–H groups in total. The molecule has 4 aromatic rings. The Morgan fingerprint density at radius 2 is 1.75 bits per heavy atom. The average Bonchev–Trinajstić information content (AvgIpc) is 3.69. The van der Waals surface area contributed by atoms with Gasteiger partial charge in [-0.3, -0.25) is 14.4 Å². The number of nitrogens with zero attached hydrogens (tertiary/aromatic N) is 2. The summed E-state index contributed by atoms with van der Waals surface area (Å²) in [5.74, 6) is 0.170. The van der Waals surface area contributed by atoms with Crippen molar-refractivity contribution in [3.05, 3.63) is 117 Å². The Balaban J connectivity index is 1.27. The maximum Gasteiger partial charge on any atom is 0.253 e. The summed E-state index contributed by atoms with van der Waals surface area (Å²) in [5.41, 5.74) is 3.65. The summed E-state index contributed by atoms with van der Waals surface area (Å²) < 4.78 is 5.36. The van der Waals surface area contributed by atoms with E-state index in [1.807, 2.05) is 60.8 Å². The third-order valence-electron chi connectivity index (χ3n) is 7.92. The molecule has 8 nitrogen and oxygen atoms in total. The zero-order valence-corrected chi connectivity index (χ0v) is 26.1. The molecule has 0 radical (unpaired) electrons. The van der Waals surface area contributed by atoms with Gasteiger partial charge in [-0.05, 0) is 74.1 Å². The molecule has 228 valence electrons. The van der Waals surface area contributed by atoms with Crippen molar-refractivity contribution in [1.82, 2.24) is 20.5 Å². The van der Waals surface area contributed by atoms with Crippen LogP contribution in [-0.4, -0.2) is 59.8 Å². The number of nitrogens with one attached hydrogen (secondary N) is 2. The van der Waals surface area contributed by atoms with E-state index < -0.39 is 11.9 Å². The molecule has 2 unspecified atom stereocenters. The highest BCUT2D eigenvalue weighted by atomic mass is 32.1. The second-order valence-corrected chi connectivity index (χ2v) is 12.3. The number of methoxy groups -OCH3 is 1. The lowest BCUT2D eigenvalue weighted by Crippen LogP contribution is -2.50. The van der Waals surface area contributed by atoms with E-state index in [4.69, 9.17) is 4.74 Å². The topological polar surface area (TPSA) is 101 Å². The number of aryl methyl sites for hydroxylation is 1. The Morgan fingerprint density at radius 1 is 1.00 bits per heavy atom. The van der Waals surface area contributed by atoms with Gasteiger partial charge >= 0.3 is 0 Å². The number of benzene rings is 3. The normalized spacial score (nSPS) is 16.7. The molecule has 2 heterocycles. The number of amides is 2. The van der Waals surface area contributed by atoms with Crippen LogP contribution in [0.2, 0.25) is 0 Å². The number of hydrogen-bond acceptors (Lipinski definition) is 7. The lowest BCUT2D eigenvalue weighted by molar-refractivity contribution is -0.122. The molecule has 1 aromatic heterocycles. The van der Waals surface area contributed by atoms with Crippen LogP contribution in [0.25, 0.3) is 0 Å². The first kappa shape index (κ1) is 31.1. The van der Waals surface area contributed by atoms with Crippen LogP contribution < -0.4 is 15.4 Å². The highest BCUT2D eigenvalue weighted by molar-refractivity contribution is 7.09. The van der Waals surface area contributed by atoms with Crippen molar-refractivity contribution in [3.8, 4) is 5.75 Å². The Hall–Kier alpha value is -4.34. The van der Waals surface area contributed by atoms with Gasteiger partial charge in [0, 0.05) is 29.6 Å². The number of rotatable bonds is 12. The molecule has 44 heavy (non-hydrogen) atoms. The number of carbonyl (C=O) groups excluding carboxylic acids is 3. The number of ether oxygens (including phenoxy) is 1. The predicted molar refractivity (Wildman–Crippen MR) is 172 cm³/mol. The molecule has 1 saturated heterocycles. The zero-order valence-electron chi connectivity index (χ0n) is 25.3. The fourth-order valence-electron chi connectivity index (χ4n) is 5.65. The third-order valence-corrected chi connectivity index (χ3v) is 8.74. The van der Waals surface area contributed by atoms with E-state index in [0.29, 0.717) is 30.5 Å². The molecule has 0 saturated carbocycles. The monoisotopic (exact) mass is 610 g/mol. The molecule has 0 spiro atoms. The van der Waals surface area contributed by atoms with Gasteiger partial charge in [0.25, 0.3) is 11.8 Å². The quantitative estimate of drug-likeness (QED) is 0.234. The Bertz CT molecular complexity index is 1610. The van der Waals surface area contributed by atoms with Crippen molar-refractivity contribution in [2.24, 2.45) is 0 Å². The van der Waals surface area contributed by atoms with Gasteiger partial charge in [-0.1, -0.05) is 48.5 Å². The summed E-state index contributed by atoms with van der Waals surface area (Å²) in [4.78, 5) is 46.6. The summed E-state index contributed by atoms with van der Waals surface area (Å²) in [6, 6.07) is 23.4. The minimum atomic E-state index is -0.729. The molecule has 3 atom stereocenters. The van der Waals surface area contributed by atoms with Crippen LogP contribution in [0.4, 0.5) is 0 Å². The number of thiazole rings is 1. The van der Waals surface area contributed by atoms with Crippen LogP contribution in [0, 0.1) is 6.92 Å². The van der Waals surface area contributed by atoms with Gasteiger partial charge in [-0.25, -0.2) is 4.98 Å². The van der Waals surface area contributed by atoms with Crippen LogP contribution in [0.1, 0.15) is 55.4 Å². The van der Waals surface area contributed by atoms with Gasteiger partial charge in [-0.2, -0.15) is 0 Å². The summed E-state index contributed by atoms with van der Waals surface area (Å²) in [6.07, 6.45) is 2.72. The van der Waals surface area contributed by atoms with Crippen molar-refractivity contribution in [2.75, 3.05) is 14.2 Å². The number of aromatic nitrogens is 1. The minimum Gasteiger partial charge on any atom is -0.497 e. The zero-order chi connectivity index (χ0) is 31.1. The molecular weight excluding hydrogens is 572 g/mol. The summed E-state index contributed by atoms with van der Waals surface area (Å²) in [5, 5.41) is 9.40. The molecule has 2 amide bonds. The molecule has 1 aliphatic heterocycles. The second-order valence-electron chi connectivity index (χ2n) is 11.3. The van der Waals surface area contributed by atoms with Crippen molar-refractivity contribution >= 4 is 28.9 Å². The van der Waals surface area contributed by atoms with Gasteiger partial charge < -0.3 is 20.3 Å². The smallest absolute Gasteiger partial charge is 0.253 e. The van der Waals surface area contributed by atoms with Crippen molar-refractivity contribution in [3.63, 3.8) is 0 Å². The highest BCUT2D eigenvalue weighted by Crippen LogP contribution is 2.22.